The quantitative estimate of drug-likeness (QED) is 0.526. The van der Waals surface area contributed by atoms with E-state index in [1.54, 1.807) is 12.1 Å². The molecule has 0 aliphatic heterocycles. The highest BCUT2D eigenvalue weighted by molar-refractivity contribution is 6.31. The maximum Gasteiger partial charge on any atom is 0.350 e. The van der Waals surface area contributed by atoms with Crippen molar-refractivity contribution in [3.63, 3.8) is 0 Å². The summed E-state index contributed by atoms with van der Waals surface area (Å²) in [6.07, 6.45) is 0. The molecular weight excluding hydrogens is 350 g/mol. The summed E-state index contributed by atoms with van der Waals surface area (Å²) in [6.45, 7) is 0. The van der Waals surface area contributed by atoms with E-state index in [4.69, 9.17) is 20.4 Å². The molecule has 0 fully saturated rings. The minimum atomic E-state index is -1.35. The van der Waals surface area contributed by atoms with Gasteiger partial charge in [0, 0.05) is 16.5 Å². The van der Waals surface area contributed by atoms with E-state index in [0.29, 0.717) is 16.1 Å². The van der Waals surface area contributed by atoms with E-state index in [1.807, 2.05) is 0 Å². The molecule has 0 radical (unpaired) electrons. The van der Waals surface area contributed by atoms with Crippen LogP contribution in [-0.4, -0.2) is 21.2 Å². The van der Waals surface area contributed by atoms with Gasteiger partial charge in [0.05, 0.1) is 5.56 Å². The molecule has 0 saturated carbocycles. The lowest BCUT2D eigenvalue weighted by molar-refractivity contribution is 0.0699. The van der Waals surface area contributed by atoms with E-state index in [0.717, 1.165) is 0 Å². The smallest absolute Gasteiger partial charge is 0.350 e. The first-order valence-corrected chi connectivity index (χ1v) is 7.41. The van der Waals surface area contributed by atoms with Crippen molar-refractivity contribution in [2.45, 2.75) is 0 Å². The Balaban J connectivity index is 2.10. The van der Waals surface area contributed by atoms with Crippen molar-refractivity contribution in [2.75, 3.05) is 0 Å². The van der Waals surface area contributed by atoms with Crippen molar-refractivity contribution >= 4 is 39.6 Å². The van der Waals surface area contributed by atoms with Gasteiger partial charge in [-0.05, 0) is 30.3 Å². The third-order valence-corrected chi connectivity index (χ3v) is 3.90. The summed E-state index contributed by atoms with van der Waals surface area (Å²) in [4.78, 5) is 28.3. The summed E-state index contributed by atoms with van der Waals surface area (Å²) in [5, 5.41) is 19.7. The van der Waals surface area contributed by atoms with Crippen LogP contribution in [0.3, 0.4) is 0 Å². The summed E-state index contributed by atoms with van der Waals surface area (Å²) < 4.78 is 10.6. The van der Waals surface area contributed by atoms with Gasteiger partial charge >= 0.3 is 11.6 Å². The molecule has 8 heteroatoms. The average molecular weight is 358 g/mol. The summed E-state index contributed by atoms with van der Waals surface area (Å²) in [7, 11) is 0. The van der Waals surface area contributed by atoms with Crippen molar-refractivity contribution in [1.29, 1.82) is 0 Å². The number of fused-ring (bicyclic) bond motifs is 2. The Labute approximate surface area is 143 Å². The number of aromatic carboxylic acids is 1. The molecule has 0 atom stereocenters. The Bertz CT molecular complexity index is 1220. The third-order valence-electron chi connectivity index (χ3n) is 3.67. The molecule has 0 saturated heterocycles. The van der Waals surface area contributed by atoms with Crippen molar-refractivity contribution in [3.8, 4) is 17.2 Å². The van der Waals surface area contributed by atoms with Crippen molar-refractivity contribution in [3.05, 3.63) is 57.4 Å². The molecule has 0 spiro atoms. The Morgan fingerprint density at radius 3 is 2.64 bits per heavy atom. The van der Waals surface area contributed by atoms with Gasteiger partial charge in [-0.15, -0.1) is 0 Å². The molecule has 0 aliphatic carbocycles. The van der Waals surface area contributed by atoms with Crippen molar-refractivity contribution < 1.29 is 23.8 Å². The molecular formula is C17H8ClNO6. The fourth-order valence-corrected chi connectivity index (χ4v) is 2.78. The van der Waals surface area contributed by atoms with Gasteiger partial charge in [-0.2, -0.15) is 0 Å². The SMILES string of the molecule is O=C(O)c1c(-c2nc3cc(Cl)ccc3o2)c(=O)oc2cc(O)ccc12. The molecule has 0 amide bonds. The van der Waals surface area contributed by atoms with Gasteiger partial charge in [-0.3, -0.25) is 0 Å². The Morgan fingerprint density at radius 1 is 1.08 bits per heavy atom. The van der Waals surface area contributed by atoms with E-state index in [9.17, 15) is 19.8 Å². The lowest BCUT2D eigenvalue weighted by atomic mass is 10.0. The number of benzene rings is 2. The predicted molar refractivity (Wildman–Crippen MR) is 89.1 cm³/mol. The number of rotatable bonds is 2. The van der Waals surface area contributed by atoms with Crippen LogP contribution in [0.5, 0.6) is 5.75 Å². The first-order valence-electron chi connectivity index (χ1n) is 7.03. The fraction of sp³-hybridized carbons (Fsp3) is 0. The number of phenolic OH excluding ortho intramolecular Hbond substituents is 1. The molecule has 4 aromatic rings. The van der Waals surface area contributed by atoms with Crippen LogP contribution < -0.4 is 5.63 Å². The normalized spacial score (nSPS) is 11.2. The number of hydrogen-bond donors (Lipinski definition) is 2. The molecule has 124 valence electrons. The number of carboxylic acids is 1. The van der Waals surface area contributed by atoms with E-state index < -0.39 is 11.6 Å². The second-order valence-electron chi connectivity index (χ2n) is 5.26. The highest BCUT2D eigenvalue weighted by Crippen LogP contribution is 2.31. The minimum absolute atomic E-state index is 0.0506. The zero-order valence-electron chi connectivity index (χ0n) is 12.3. The molecule has 2 aromatic heterocycles. The van der Waals surface area contributed by atoms with Gasteiger partial charge in [0.2, 0.25) is 5.89 Å². The number of nitrogens with zero attached hydrogens (tertiary/aromatic N) is 1. The first kappa shape index (κ1) is 15.2. The highest BCUT2D eigenvalue weighted by Gasteiger charge is 2.25. The number of aromatic hydroxyl groups is 1. The number of aromatic nitrogens is 1. The Morgan fingerprint density at radius 2 is 1.88 bits per heavy atom. The number of hydrogen-bond acceptors (Lipinski definition) is 6. The molecule has 25 heavy (non-hydrogen) atoms. The molecule has 4 rings (SSSR count). The van der Waals surface area contributed by atoms with E-state index in [2.05, 4.69) is 4.98 Å². The number of halogens is 1. The number of oxazole rings is 1. The number of carbonyl (C=O) groups is 1. The van der Waals surface area contributed by atoms with Gasteiger partial charge in [-0.25, -0.2) is 14.6 Å². The highest BCUT2D eigenvalue weighted by atomic mass is 35.5. The summed E-state index contributed by atoms with van der Waals surface area (Å²) >= 11 is 5.90. The molecule has 7 nitrogen and oxygen atoms in total. The van der Waals surface area contributed by atoms with Gasteiger partial charge in [0.15, 0.2) is 5.58 Å². The molecule has 0 unspecified atom stereocenters. The zero-order valence-corrected chi connectivity index (χ0v) is 13.1. The first-order chi connectivity index (χ1) is 11.9. The maximum atomic E-state index is 12.4. The maximum absolute atomic E-state index is 12.4. The van der Waals surface area contributed by atoms with Gasteiger partial charge in [0.1, 0.15) is 22.4 Å². The number of carboxylic acid groups (broad SMARTS) is 1. The molecule has 2 N–H and O–H groups in total. The lowest BCUT2D eigenvalue weighted by Crippen LogP contribution is -2.12. The standard InChI is InChI=1S/C17H8ClNO6/c18-7-1-4-11-10(5-7)19-15(24-11)14-13(16(21)22)9-3-2-8(20)6-12(9)25-17(14)23/h1-6,20H,(H,21,22). The van der Waals surface area contributed by atoms with Crippen molar-refractivity contribution in [1.82, 2.24) is 4.98 Å². The van der Waals surface area contributed by atoms with Crippen LogP contribution in [0.15, 0.2) is 50.0 Å². The van der Waals surface area contributed by atoms with Crippen LogP contribution in [0.4, 0.5) is 0 Å². The molecule has 2 heterocycles. The summed E-state index contributed by atoms with van der Waals surface area (Å²) in [6, 6.07) is 8.49. The predicted octanol–water partition coefficient (Wildman–Crippen LogP) is 3.66. The molecule has 2 aromatic carbocycles. The van der Waals surface area contributed by atoms with E-state index >= 15 is 0 Å². The van der Waals surface area contributed by atoms with Crippen LogP contribution in [-0.2, 0) is 0 Å². The molecule has 0 aliphatic rings. The van der Waals surface area contributed by atoms with Crippen molar-refractivity contribution in [2.24, 2.45) is 0 Å². The third kappa shape index (κ3) is 2.41. The largest absolute Gasteiger partial charge is 0.508 e. The minimum Gasteiger partial charge on any atom is -0.508 e. The van der Waals surface area contributed by atoms with E-state index in [-0.39, 0.29) is 33.7 Å². The Hall–Kier alpha value is -3.32. The Kier molecular flexibility index (Phi) is 3.26. The van der Waals surface area contributed by atoms with Crippen LogP contribution in [0.25, 0.3) is 33.5 Å². The van der Waals surface area contributed by atoms with Crippen LogP contribution in [0, 0.1) is 0 Å². The van der Waals surface area contributed by atoms with Gasteiger partial charge < -0.3 is 19.0 Å². The van der Waals surface area contributed by atoms with E-state index in [1.165, 1.54) is 24.3 Å². The zero-order chi connectivity index (χ0) is 17.7. The summed E-state index contributed by atoms with van der Waals surface area (Å²) in [5.74, 6) is -1.69. The van der Waals surface area contributed by atoms with Crippen LogP contribution >= 0.6 is 11.6 Å². The topological polar surface area (TPSA) is 114 Å². The van der Waals surface area contributed by atoms with Crippen LogP contribution in [0.1, 0.15) is 10.4 Å². The second-order valence-corrected chi connectivity index (χ2v) is 5.69. The van der Waals surface area contributed by atoms with Gasteiger partial charge in [0.25, 0.3) is 0 Å². The van der Waals surface area contributed by atoms with Crippen LogP contribution in [0.2, 0.25) is 5.02 Å². The second kappa shape index (κ2) is 5.35. The van der Waals surface area contributed by atoms with Gasteiger partial charge in [-0.1, -0.05) is 11.6 Å². The fourth-order valence-electron chi connectivity index (χ4n) is 2.61. The average Bonchev–Trinajstić information content (AvgIpc) is 2.95. The lowest BCUT2D eigenvalue weighted by Gasteiger charge is -2.05. The summed E-state index contributed by atoms with van der Waals surface area (Å²) in [5.41, 5.74) is -0.884. The number of phenols is 1. The monoisotopic (exact) mass is 357 g/mol. The molecule has 0 bridgehead atoms.